The van der Waals surface area contributed by atoms with Gasteiger partial charge in [-0.15, -0.1) is 0 Å². The maximum Gasteiger partial charge on any atom is 0.126 e. The van der Waals surface area contributed by atoms with Gasteiger partial charge in [0, 0.05) is 17.5 Å². The van der Waals surface area contributed by atoms with E-state index in [1.54, 1.807) is 7.11 Å². The predicted molar refractivity (Wildman–Crippen MR) is 85.2 cm³/mol. The average molecular weight is 282 g/mol. The van der Waals surface area contributed by atoms with Gasteiger partial charge in [0.2, 0.25) is 0 Å². The lowest BCUT2D eigenvalue weighted by Gasteiger charge is -2.09. The number of unbranched alkanes of at least 4 members (excludes halogenated alkanes) is 1. The Kier molecular flexibility index (Phi) is 4.44. The van der Waals surface area contributed by atoms with Crippen LogP contribution in [0.15, 0.2) is 48.5 Å². The quantitative estimate of drug-likeness (QED) is 0.722. The van der Waals surface area contributed by atoms with Crippen LogP contribution < -0.4 is 9.47 Å². The molecule has 110 valence electrons. The summed E-state index contributed by atoms with van der Waals surface area (Å²) in [7, 11) is 1.69. The number of fused-ring (bicyclic) bond motifs is 1. The minimum absolute atomic E-state index is 0.543. The summed E-state index contributed by atoms with van der Waals surface area (Å²) in [5.41, 5.74) is 2.78. The molecule has 0 saturated carbocycles. The van der Waals surface area contributed by atoms with Gasteiger partial charge in [0.1, 0.15) is 11.5 Å². The zero-order valence-corrected chi connectivity index (χ0v) is 12.5. The van der Waals surface area contributed by atoms with E-state index in [4.69, 9.17) is 9.47 Å². The van der Waals surface area contributed by atoms with Gasteiger partial charge in [-0.25, -0.2) is 0 Å². The number of aryl methyl sites for hydroxylation is 1. The van der Waals surface area contributed by atoms with Crippen LogP contribution in [-0.4, -0.2) is 13.7 Å². The molecular formula is C19H22O2. The van der Waals surface area contributed by atoms with E-state index in [1.807, 2.05) is 12.1 Å². The van der Waals surface area contributed by atoms with Gasteiger partial charge in [0.15, 0.2) is 0 Å². The van der Waals surface area contributed by atoms with Crippen molar-refractivity contribution in [3.05, 3.63) is 59.7 Å². The van der Waals surface area contributed by atoms with Crippen LogP contribution in [0, 0.1) is 0 Å². The summed E-state index contributed by atoms with van der Waals surface area (Å²) < 4.78 is 11.0. The van der Waals surface area contributed by atoms with Crippen molar-refractivity contribution in [1.82, 2.24) is 0 Å². The standard InChI is InChI=1S/C19H22O2/c1-20-17-11-12-18-16(14-21-19(18)13-17)10-6-5-9-15-7-3-2-4-8-15/h2-4,7-8,11-13,16H,5-6,9-10,14H2,1H3/t16-/m1/s1. The molecule has 2 heteroatoms. The van der Waals surface area contributed by atoms with Crippen LogP contribution >= 0.6 is 0 Å². The Morgan fingerprint density at radius 2 is 1.95 bits per heavy atom. The fraction of sp³-hybridized carbons (Fsp3) is 0.368. The highest BCUT2D eigenvalue weighted by Crippen LogP contribution is 2.38. The van der Waals surface area contributed by atoms with Crippen LogP contribution in [-0.2, 0) is 6.42 Å². The summed E-state index contributed by atoms with van der Waals surface area (Å²) in [6.07, 6.45) is 4.86. The molecule has 0 bridgehead atoms. The zero-order valence-electron chi connectivity index (χ0n) is 12.5. The lowest BCUT2D eigenvalue weighted by atomic mass is 9.94. The van der Waals surface area contributed by atoms with Crippen molar-refractivity contribution in [2.45, 2.75) is 31.6 Å². The summed E-state index contributed by atoms with van der Waals surface area (Å²) in [6, 6.07) is 16.9. The first-order valence-electron chi connectivity index (χ1n) is 7.71. The van der Waals surface area contributed by atoms with Gasteiger partial charge in [-0.1, -0.05) is 42.8 Å². The van der Waals surface area contributed by atoms with Crippen LogP contribution in [0.5, 0.6) is 11.5 Å². The number of benzene rings is 2. The van der Waals surface area contributed by atoms with Crippen molar-refractivity contribution in [1.29, 1.82) is 0 Å². The van der Waals surface area contributed by atoms with Crippen molar-refractivity contribution >= 4 is 0 Å². The molecule has 0 radical (unpaired) electrons. The molecule has 0 aliphatic carbocycles. The highest BCUT2D eigenvalue weighted by atomic mass is 16.5. The molecule has 0 aromatic heterocycles. The van der Waals surface area contributed by atoms with Gasteiger partial charge in [0.05, 0.1) is 13.7 Å². The predicted octanol–water partition coefficient (Wildman–Crippen LogP) is 4.58. The lowest BCUT2D eigenvalue weighted by Crippen LogP contribution is -2.00. The van der Waals surface area contributed by atoms with Crippen molar-refractivity contribution < 1.29 is 9.47 Å². The van der Waals surface area contributed by atoms with E-state index in [2.05, 4.69) is 36.4 Å². The first kappa shape index (κ1) is 14.0. The van der Waals surface area contributed by atoms with E-state index >= 15 is 0 Å². The monoisotopic (exact) mass is 282 g/mol. The highest BCUT2D eigenvalue weighted by Gasteiger charge is 2.23. The van der Waals surface area contributed by atoms with Gasteiger partial charge in [-0.2, -0.15) is 0 Å². The summed E-state index contributed by atoms with van der Waals surface area (Å²) in [5.74, 6) is 2.42. The lowest BCUT2D eigenvalue weighted by molar-refractivity contribution is 0.321. The van der Waals surface area contributed by atoms with Gasteiger partial charge >= 0.3 is 0 Å². The number of methoxy groups -OCH3 is 1. The van der Waals surface area contributed by atoms with Crippen molar-refractivity contribution in [3.8, 4) is 11.5 Å². The topological polar surface area (TPSA) is 18.5 Å². The molecule has 0 N–H and O–H groups in total. The minimum atomic E-state index is 0.543. The van der Waals surface area contributed by atoms with Crippen LogP contribution in [0.2, 0.25) is 0 Å². The number of hydrogen-bond acceptors (Lipinski definition) is 2. The van der Waals surface area contributed by atoms with E-state index in [-0.39, 0.29) is 0 Å². The Morgan fingerprint density at radius 3 is 2.76 bits per heavy atom. The summed E-state index contributed by atoms with van der Waals surface area (Å²) >= 11 is 0. The third-order valence-electron chi connectivity index (χ3n) is 4.21. The smallest absolute Gasteiger partial charge is 0.126 e. The van der Waals surface area contributed by atoms with E-state index in [0.717, 1.165) is 18.1 Å². The minimum Gasteiger partial charge on any atom is -0.497 e. The normalized spacial score (nSPS) is 16.3. The molecule has 1 aliphatic heterocycles. The van der Waals surface area contributed by atoms with Crippen molar-refractivity contribution in [2.24, 2.45) is 0 Å². The summed E-state index contributed by atoms with van der Waals surface area (Å²) in [4.78, 5) is 0. The molecule has 0 amide bonds. The average Bonchev–Trinajstić information content (AvgIpc) is 2.95. The van der Waals surface area contributed by atoms with Gasteiger partial charge in [0.25, 0.3) is 0 Å². The molecule has 1 aliphatic rings. The molecule has 3 rings (SSSR count). The molecule has 0 fully saturated rings. The van der Waals surface area contributed by atoms with E-state index in [0.29, 0.717) is 5.92 Å². The van der Waals surface area contributed by atoms with Crippen molar-refractivity contribution in [3.63, 3.8) is 0 Å². The van der Waals surface area contributed by atoms with Crippen molar-refractivity contribution in [2.75, 3.05) is 13.7 Å². The molecule has 2 nitrogen and oxygen atoms in total. The van der Waals surface area contributed by atoms with Crippen LogP contribution in [0.3, 0.4) is 0 Å². The molecule has 21 heavy (non-hydrogen) atoms. The molecule has 2 aromatic carbocycles. The Balaban J connectivity index is 1.49. The Hall–Kier alpha value is -1.96. The Bertz CT molecular complexity index is 577. The molecular weight excluding hydrogens is 260 g/mol. The maximum atomic E-state index is 5.79. The second-order valence-corrected chi connectivity index (χ2v) is 5.64. The summed E-state index contributed by atoms with van der Waals surface area (Å²) in [5, 5.41) is 0. The van der Waals surface area contributed by atoms with Crippen LogP contribution in [0.1, 0.15) is 36.3 Å². The maximum absolute atomic E-state index is 5.79. The fourth-order valence-electron chi connectivity index (χ4n) is 2.99. The Labute approximate surface area is 126 Å². The molecule has 1 heterocycles. The van der Waals surface area contributed by atoms with E-state index in [9.17, 15) is 0 Å². The highest BCUT2D eigenvalue weighted by molar-refractivity contribution is 5.45. The van der Waals surface area contributed by atoms with Gasteiger partial charge in [-0.05, 0) is 30.9 Å². The third-order valence-corrected chi connectivity index (χ3v) is 4.21. The first-order chi connectivity index (χ1) is 10.4. The third kappa shape index (κ3) is 3.38. The second-order valence-electron chi connectivity index (χ2n) is 5.64. The van der Waals surface area contributed by atoms with E-state index in [1.165, 1.54) is 36.8 Å². The zero-order chi connectivity index (χ0) is 14.5. The number of hydrogen-bond donors (Lipinski definition) is 0. The molecule has 0 unspecified atom stereocenters. The fourth-order valence-corrected chi connectivity index (χ4v) is 2.99. The molecule has 1 atom stereocenters. The Morgan fingerprint density at radius 1 is 1.10 bits per heavy atom. The SMILES string of the molecule is COc1ccc2c(c1)OC[C@H]2CCCCc1ccccc1. The second kappa shape index (κ2) is 6.66. The van der Waals surface area contributed by atoms with Gasteiger partial charge < -0.3 is 9.47 Å². The largest absolute Gasteiger partial charge is 0.497 e. The van der Waals surface area contributed by atoms with Crippen LogP contribution in [0.25, 0.3) is 0 Å². The molecule has 0 spiro atoms. The van der Waals surface area contributed by atoms with Crippen LogP contribution in [0.4, 0.5) is 0 Å². The molecule has 2 aromatic rings. The van der Waals surface area contributed by atoms with E-state index < -0.39 is 0 Å². The molecule has 0 saturated heterocycles. The number of rotatable bonds is 6. The number of ether oxygens (including phenoxy) is 2. The summed E-state index contributed by atoms with van der Waals surface area (Å²) in [6.45, 7) is 0.813. The first-order valence-corrected chi connectivity index (χ1v) is 7.71. The van der Waals surface area contributed by atoms with Gasteiger partial charge in [-0.3, -0.25) is 0 Å².